The van der Waals surface area contributed by atoms with Crippen molar-refractivity contribution in [3.63, 3.8) is 0 Å². The van der Waals surface area contributed by atoms with E-state index in [0.717, 1.165) is 0 Å². The number of nitrogens with zero attached hydrogens (tertiary/aromatic N) is 1. The zero-order valence-electron chi connectivity index (χ0n) is 9.24. The molecule has 6 nitrogen and oxygen atoms in total. The van der Waals surface area contributed by atoms with Crippen LogP contribution < -0.4 is 16.0 Å². The van der Waals surface area contributed by atoms with Crippen LogP contribution in [-0.4, -0.2) is 23.0 Å². The summed E-state index contributed by atoms with van der Waals surface area (Å²) in [4.78, 5) is 15.2. The van der Waals surface area contributed by atoms with Crippen LogP contribution in [0.5, 0.6) is 0 Å². The average molecular weight is 221 g/mol. The quantitative estimate of drug-likeness (QED) is 0.446. The summed E-state index contributed by atoms with van der Waals surface area (Å²) in [6, 6.07) is 4.88. The molecule has 0 aromatic carbocycles. The zero-order chi connectivity index (χ0) is 12.0. The van der Waals surface area contributed by atoms with Crippen molar-refractivity contribution in [1.82, 2.24) is 15.6 Å². The first-order chi connectivity index (χ1) is 7.58. The maximum Gasteiger partial charge on any atom is 0.321 e. The van der Waals surface area contributed by atoms with E-state index in [9.17, 15) is 4.79 Å². The summed E-state index contributed by atoms with van der Waals surface area (Å²) < 4.78 is 0. The summed E-state index contributed by atoms with van der Waals surface area (Å²) in [6.45, 7) is 3.69. The molecule has 0 radical (unpaired) electrons. The molecule has 6 heteroatoms. The smallest absolute Gasteiger partial charge is 0.321 e. The number of rotatable bonds is 2. The second kappa shape index (κ2) is 5.69. The standard InChI is InChI=1S/C10H15N5O/c1-7(2)13-10(16)15-9(11)14-8-5-3-4-6-12-8/h3-7H,1-2H3,(H4,11,12,13,14,15,16). The number of aromatic nitrogens is 1. The largest absolute Gasteiger partial charge is 0.336 e. The second-order valence-electron chi connectivity index (χ2n) is 3.47. The van der Waals surface area contributed by atoms with Gasteiger partial charge in [-0.1, -0.05) is 6.07 Å². The van der Waals surface area contributed by atoms with Crippen LogP contribution in [0.3, 0.4) is 0 Å². The second-order valence-corrected chi connectivity index (χ2v) is 3.47. The first-order valence-corrected chi connectivity index (χ1v) is 4.92. The minimum absolute atomic E-state index is 0.0302. The topological polar surface area (TPSA) is 89.9 Å². The maximum absolute atomic E-state index is 11.2. The first-order valence-electron chi connectivity index (χ1n) is 4.92. The van der Waals surface area contributed by atoms with E-state index >= 15 is 0 Å². The van der Waals surface area contributed by atoms with Gasteiger partial charge in [0.1, 0.15) is 5.82 Å². The first kappa shape index (κ1) is 12.0. The van der Waals surface area contributed by atoms with E-state index in [1.165, 1.54) is 0 Å². The summed E-state index contributed by atoms with van der Waals surface area (Å²) in [5.74, 6) is 0.397. The molecule has 0 saturated heterocycles. The number of anilines is 1. The van der Waals surface area contributed by atoms with Crippen molar-refractivity contribution < 1.29 is 4.79 Å². The summed E-state index contributed by atoms with van der Waals surface area (Å²) >= 11 is 0. The van der Waals surface area contributed by atoms with E-state index in [2.05, 4.69) is 20.9 Å². The molecule has 16 heavy (non-hydrogen) atoms. The van der Waals surface area contributed by atoms with Crippen molar-refractivity contribution in [2.24, 2.45) is 0 Å². The maximum atomic E-state index is 11.2. The highest BCUT2D eigenvalue weighted by molar-refractivity contribution is 6.01. The molecule has 1 aromatic heterocycles. The lowest BCUT2D eigenvalue weighted by Gasteiger charge is -2.11. The molecular formula is C10H15N5O. The number of hydrogen-bond acceptors (Lipinski definition) is 3. The Morgan fingerprint density at radius 2 is 2.19 bits per heavy atom. The van der Waals surface area contributed by atoms with E-state index < -0.39 is 6.03 Å². The molecule has 0 saturated carbocycles. The molecule has 86 valence electrons. The normalized spacial score (nSPS) is 9.69. The van der Waals surface area contributed by atoms with Crippen molar-refractivity contribution in [1.29, 1.82) is 5.41 Å². The minimum atomic E-state index is -0.413. The Morgan fingerprint density at radius 3 is 2.75 bits per heavy atom. The fourth-order valence-corrected chi connectivity index (χ4v) is 1.01. The molecule has 1 aromatic rings. The molecule has 1 heterocycles. The Labute approximate surface area is 94.0 Å². The van der Waals surface area contributed by atoms with Gasteiger partial charge in [-0.25, -0.2) is 9.78 Å². The van der Waals surface area contributed by atoms with Gasteiger partial charge in [-0.3, -0.25) is 10.7 Å². The van der Waals surface area contributed by atoms with Gasteiger partial charge in [-0.05, 0) is 26.0 Å². The molecule has 0 fully saturated rings. The predicted molar refractivity (Wildman–Crippen MR) is 62.4 cm³/mol. The summed E-state index contributed by atoms with van der Waals surface area (Å²) in [6.07, 6.45) is 1.60. The number of pyridine rings is 1. The fraction of sp³-hybridized carbons (Fsp3) is 0.300. The number of carbonyl (C=O) groups is 1. The number of amides is 2. The third-order valence-electron chi connectivity index (χ3n) is 1.58. The molecule has 0 spiro atoms. The summed E-state index contributed by atoms with van der Waals surface area (Å²) in [7, 11) is 0. The molecule has 4 N–H and O–H groups in total. The predicted octanol–water partition coefficient (Wildman–Crippen LogP) is 1.14. The van der Waals surface area contributed by atoms with Crippen molar-refractivity contribution >= 4 is 17.8 Å². The summed E-state index contributed by atoms with van der Waals surface area (Å²) in [5, 5.41) is 15.1. The Bertz CT molecular complexity index is 363. The molecule has 0 atom stereocenters. The van der Waals surface area contributed by atoms with Gasteiger partial charge in [-0.15, -0.1) is 0 Å². The highest BCUT2D eigenvalue weighted by Gasteiger charge is 2.05. The van der Waals surface area contributed by atoms with Crippen LogP contribution in [0.1, 0.15) is 13.8 Å². The van der Waals surface area contributed by atoms with Crippen molar-refractivity contribution in [2.75, 3.05) is 5.32 Å². The lowest BCUT2D eigenvalue weighted by Crippen LogP contribution is -2.44. The average Bonchev–Trinajstić information content (AvgIpc) is 2.17. The van der Waals surface area contributed by atoms with Crippen LogP contribution in [0.2, 0.25) is 0 Å². The SMILES string of the molecule is CC(C)NC(=O)NC(=N)Nc1ccccn1. The van der Waals surface area contributed by atoms with Crippen molar-refractivity contribution in [2.45, 2.75) is 19.9 Å². The Balaban J connectivity index is 2.39. The zero-order valence-corrected chi connectivity index (χ0v) is 9.24. The number of hydrogen-bond donors (Lipinski definition) is 4. The third kappa shape index (κ3) is 4.41. The number of nitrogens with one attached hydrogen (secondary N) is 4. The monoisotopic (exact) mass is 221 g/mol. The van der Waals surface area contributed by atoms with E-state index in [1.54, 1.807) is 24.4 Å². The fourth-order valence-electron chi connectivity index (χ4n) is 1.01. The summed E-state index contributed by atoms with van der Waals surface area (Å²) in [5.41, 5.74) is 0. The molecular weight excluding hydrogens is 206 g/mol. The Hall–Kier alpha value is -2.11. The van der Waals surface area contributed by atoms with Gasteiger partial charge in [0.2, 0.25) is 5.96 Å². The highest BCUT2D eigenvalue weighted by Crippen LogP contribution is 1.98. The Morgan fingerprint density at radius 1 is 1.44 bits per heavy atom. The number of carbonyl (C=O) groups excluding carboxylic acids is 1. The van der Waals surface area contributed by atoms with E-state index in [-0.39, 0.29) is 12.0 Å². The van der Waals surface area contributed by atoms with E-state index in [1.807, 2.05) is 13.8 Å². The van der Waals surface area contributed by atoms with Gasteiger partial charge in [0.15, 0.2) is 0 Å². The van der Waals surface area contributed by atoms with Crippen LogP contribution in [0.25, 0.3) is 0 Å². The molecule has 0 unspecified atom stereocenters. The van der Waals surface area contributed by atoms with E-state index in [0.29, 0.717) is 5.82 Å². The van der Waals surface area contributed by atoms with Crippen molar-refractivity contribution in [3.05, 3.63) is 24.4 Å². The number of guanidine groups is 1. The molecule has 0 aliphatic heterocycles. The van der Waals surface area contributed by atoms with Crippen molar-refractivity contribution in [3.8, 4) is 0 Å². The highest BCUT2D eigenvalue weighted by atomic mass is 16.2. The van der Waals surface area contributed by atoms with Crippen LogP contribution in [-0.2, 0) is 0 Å². The minimum Gasteiger partial charge on any atom is -0.336 e. The van der Waals surface area contributed by atoms with Gasteiger partial charge in [-0.2, -0.15) is 0 Å². The lowest BCUT2D eigenvalue weighted by molar-refractivity contribution is 0.243. The van der Waals surface area contributed by atoms with Gasteiger partial charge in [0.05, 0.1) is 0 Å². The van der Waals surface area contributed by atoms with Crippen LogP contribution in [0, 0.1) is 5.41 Å². The van der Waals surface area contributed by atoms with Gasteiger partial charge in [0.25, 0.3) is 0 Å². The number of urea groups is 1. The lowest BCUT2D eigenvalue weighted by atomic mass is 10.4. The van der Waals surface area contributed by atoms with Gasteiger partial charge >= 0.3 is 6.03 Å². The molecule has 0 bridgehead atoms. The third-order valence-corrected chi connectivity index (χ3v) is 1.58. The van der Waals surface area contributed by atoms with Crippen LogP contribution in [0.15, 0.2) is 24.4 Å². The Kier molecular flexibility index (Phi) is 4.26. The molecule has 2 amide bonds. The van der Waals surface area contributed by atoms with Gasteiger partial charge < -0.3 is 10.6 Å². The van der Waals surface area contributed by atoms with Gasteiger partial charge in [0, 0.05) is 12.2 Å². The van der Waals surface area contributed by atoms with E-state index in [4.69, 9.17) is 5.41 Å². The van der Waals surface area contributed by atoms with Crippen LogP contribution >= 0.6 is 0 Å². The van der Waals surface area contributed by atoms with Crippen LogP contribution in [0.4, 0.5) is 10.6 Å². The molecule has 0 aliphatic carbocycles. The molecule has 0 aliphatic rings. The molecule has 1 rings (SSSR count).